The van der Waals surface area contributed by atoms with Gasteiger partial charge >= 0.3 is 0 Å². The van der Waals surface area contributed by atoms with Gasteiger partial charge in [-0.25, -0.2) is 5.01 Å². The molecule has 2 heterocycles. The number of amides is 1. The molecule has 1 spiro atoms. The molecule has 0 bridgehead atoms. The smallest absolute Gasteiger partial charge is 0.275 e. The third-order valence-corrected chi connectivity index (χ3v) is 8.59. The second-order valence-corrected chi connectivity index (χ2v) is 10.7. The number of carbonyl (C=O) groups is 1. The van der Waals surface area contributed by atoms with Crippen LogP contribution in [0.4, 0.5) is 17.1 Å². The van der Waals surface area contributed by atoms with Crippen LogP contribution in [0.1, 0.15) is 54.7 Å². The predicted octanol–water partition coefficient (Wildman–Crippen LogP) is 7.33. The Morgan fingerprint density at radius 3 is 1.91 bits per heavy atom. The molecule has 4 aromatic rings. The van der Waals surface area contributed by atoms with Crippen LogP contribution >= 0.6 is 0 Å². The minimum atomic E-state index is -1.07. The molecule has 1 amide bonds. The number of hydrogen-bond donors (Lipinski definition) is 1. The van der Waals surface area contributed by atoms with Crippen molar-refractivity contribution in [3.63, 3.8) is 0 Å². The average Bonchev–Trinajstić information content (AvgIpc) is 3.29. The highest BCUT2D eigenvalue weighted by Gasteiger charge is 2.57. The second kappa shape index (κ2) is 11.9. The first kappa shape index (κ1) is 29.0. The Balaban J connectivity index is 1.58. The zero-order chi connectivity index (χ0) is 30.8. The molecule has 2 aliphatic rings. The Kier molecular flexibility index (Phi) is 7.82. The molecule has 0 saturated heterocycles. The molecule has 0 aliphatic carbocycles. The quantitative estimate of drug-likeness (QED) is 0.208. The van der Waals surface area contributed by atoms with Crippen LogP contribution in [0.15, 0.2) is 95.0 Å². The van der Waals surface area contributed by atoms with Gasteiger partial charge in [0.1, 0.15) is 28.5 Å². The lowest BCUT2D eigenvalue weighted by molar-refractivity contribution is 0.0675. The molecule has 2 aliphatic heterocycles. The van der Waals surface area contributed by atoms with Crippen LogP contribution in [-0.2, 0) is 5.54 Å². The van der Waals surface area contributed by atoms with Crippen LogP contribution < -0.4 is 14.5 Å². The van der Waals surface area contributed by atoms with E-state index in [0.29, 0.717) is 22.7 Å². The number of phenolic OH excluding ortho intramolecular Hbond substituents is 1. The molecule has 0 atom stereocenters. The SMILES string of the molecule is CCN(CC)c1ccc2c(c1)Oc1cc(N(CC)CC)ccc1C21c2ccccc2C(=O)N1/N=C\C=Nc1ccccc1O. The molecular weight excluding hydrogens is 550 g/mol. The molecule has 8 heteroatoms. The molecule has 0 saturated carbocycles. The van der Waals surface area contributed by atoms with Gasteiger partial charge in [0, 0.05) is 78.2 Å². The van der Waals surface area contributed by atoms with Crippen molar-refractivity contribution < 1.29 is 14.6 Å². The van der Waals surface area contributed by atoms with Crippen molar-refractivity contribution in [1.29, 1.82) is 0 Å². The highest BCUT2D eigenvalue weighted by molar-refractivity contribution is 6.17. The summed E-state index contributed by atoms with van der Waals surface area (Å²) < 4.78 is 6.72. The average molecular weight is 588 g/mol. The molecule has 6 rings (SSSR count). The van der Waals surface area contributed by atoms with E-state index in [4.69, 9.17) is 9.84 Å². The Morgan fingerprint density at radius 2 is 1.32 bits per heavy atom. The van der Waals surface area contributed by atoms with E-state index in [1.807, 2.05) is 24.3 Å². The van der Waals surface area contributed by atoms with Gasteiger partial charge in [-0.15, -0.1) is 0 Å². The molecule has 1 N–H and O–H groups in total. The Bertz CT molecular complexity index is 1700. The van der Waals surface area contributed by atoms with Crippen LogP contribution in [0.2, 0.25) is 0 Å². The number of para-hydroxylation sites is 2. The maximum atomic E-state index is 14.2. The van der Waals surface area contributed by atoms with Crippen LogP contribution in [0.5, 0.6) is 17.2 Å². The first-order chi connectivity index (χ1) is 21.5. The van der Waals surface area contributed by atoms with E-state index in [-0.39, 0.29) is 11.7 Å². The number of carbonyl (C=O) groups excluding carboxylic acids is 1. The molecule has 224 valence electrons. The Morgan fingerprint density at radius 1 is 0.750 bits per heavy atom. The number of nitrogens with zero attached hydrogens (tertiary/aromatic N) is 5. The molecule has 0 fully saturated rings. The van der Waals surface area contributed by atoms with Gasteiger partial charge in [-0.05, 0) is 58.0 Å². The lowest BCUT2D eigenvalue weighted by atomic mass is 9.75. The zero-order valence-electron chi connectivity index (χ0n) is 25.6. The number of rotatable bonds is 9. The lowest BCUT2D eigenvalue weighted by Gasteiger charge is -2.42. The van der Waals surface area contributed by atoms with Gasteiger partial charge in [0.05, 0.1) is 6.21 Å². The number of phenols is 1. The van der Waals surface area contributed by atoms with Crippen molar-refractivity contribution in [3.8, 4) is 17.2 Å². The third-order valence-electron chi connectivity index (χ3n) is 8.59. The first-order valence-corrected chi connectivity index (χ1v) is 15.2. The molecule has 0 radical (unpaired) electrons. The van der Waals surface area contributed by atoms with Crippen molar-refractivity contribution in [2.45, 2.75) is 33.2 Å². The van der Waals surface area contributed by atoms with E-state index in [0.717, 1.165) is 54.2 Å². The fourth-order valence-electron chi connectivity index (χ4n) is 6.43. The number of hydrazone groups is 1. The third kappa shape index (κ3) is 4.58. The molecule has 44 heavy (non-hydrogen) atoms. The second-order valence-electron chi connectivity index (χ2n) is 10.7. The van der Waals surface area contributed by atoms with Gasteiger partial charge in [0.2, 0.25) is 0 Å². The minimum Gasteiger partial charge on any atom is -0.506 e. The summed E-state index contributed by atoms with van der Waals surface area (Å²) in [4.78, 5) is 23.1. The van der Waals surface area contributed by atoms with Gasteiger partial charge in [0.25, 0.3) is 5.91 Å². The van der Waals surface area contributed by atoms with Crippen molar-refractivity contribution in [1.82, 2.24) is 5.01 Å². The van der Waals surface area contributed by atoms with Crippen molar-refractivity contribution in [2.75, 3.05) is 36.0 Å². The van der Waals surface area contributed by atoms with Crippen LogP contribution in [-0.4, -0.2) is 54.6 Å². The van der Waals surface area contributed by atoms with Gasteiger partial charge in [-0.2, -0.15) is 5.10 Å². The predicted molar refractivity (Wildman–Crippen MR) is 177 cm³/mol. The van der Waals surface area contributed by atoms with Gasteiger partial charge < -0.3 is 19.6 Å². The summed E-state index contributed by atoms with van der Waals surface area (Å²) in [5.74, 6) is 1.23. The normalized spacial score (nSPS) is 14.5. The van der Waals surface area contributed by atoms with Gasteiger partial charge in [0.15, 0.2) is 0 Å². The molecule has 4 aromatic carbocycles. The topological polar surface area (TPSA) is 81.0 Å². The maximum absolute atomic E-state index is 14.2. The molecule has 0 aromatic heterocycles. The molecular formula is C36H37N5O3. The van der Waals surface area contributed by atoms with E-state index in [1.165, 1.54) is 12.4 Å². The largest absolute Gasteiger partial charge is 0.506 e. The van der Waals surface area contributed by atoms with Crippen LogP contribution in [0.25, 0.3) is 0 Å². The number of anilines is 2. The monoisotopic (exact) mass is 587 g/mol. The number of benzene rings is 4. The highest BCUT2D eigenvalue weighted by Crippen LogP contribution is 2.58. The van der Waals surface area contributed by atoms with Gasteiger partial charge in [-0.3, -0.25) is 9.79 Å². The number of hydrogen-bond acceptors (Lipinski definition) is 7. The van der Waals surface area contributed by atoms with Crippen molar-refractivity contribution >= 4 is 35.4 Å². The van der Waals surface area contributed by atoms with E-state index in [1.54, 1.807) is 29.3 Å². The number of aliphatic imine (C=N–C) groups is 1. The van der Waals surface area contributed by atoms with E-state index >= 15 is 0 Å². The number of ether oxygens (including phenoxy) is 1. The number of aromatic hydroxyl groups is 1. The summed E-state index contributed by atoms with van der Waals surface area (Å²) in [6.45, 7) is 12.0. The van der Waals surface area contributed by atoms with Crippen LogP contribution in [0, 0.1) is 0 Å². The number of fused-ring (bicyclic) bond motifs is 6. The summed E-state index contributed by atoms with van der Waals surface area (Å²) >= 11 is 0. The van der Waals surface area contributed by atoms with E-state index in [9.17, 15) is 9.90 Å². The van der Waals surface area contributed by atoms with E-state index in [2.05, 4.69) is 78.9 Å². The summed E-state index contributed by atoms with van der Waals surface area (Å²) in [6.07, 6.45) is 2.99. The fraction of sp³-hybridized carbons (Fsp3) is 0.250. The summed E-state index contributed by atoms with van der Waals surface area (Å²) in [5.41, 5.74) is 4.55. The van der Waals surface area contributed by atoms with Crippen molar-refractivity contribution in [2.24, 2.45) is 10.1 Å². The Hall–Kier alpha value is -5.11. The van der Waals surface area contributed by atoms with Crippen LogP contribution in [0.3, 0.4) is 0 Å². The summed E-state index contributed by atoms with van der Waals surface area (Å²) in [6, 6.07) is 27.0. The van der Waals surface area contributed by atoms with Gasteiger partial charge in [-0.1, -0.05) is 42.5 Å². The van der Waals surface area contributed by atoms with E-state index < -0.39 is 5.54 Å². The highest BCUT2D eigenvalue weighted by atomic mass is 16.5. The standard InChI is InChI=1S/C36H37N5O3/c1-5-39(6-2)25-17-19-29-33(23-25)44-34-24-26(40(7-3)8-4)18-20-30(34)36(29)28-14-10-9-13-27(28)35(43)41(36)38-22-21-37-31-15-11-12-16-32(31)42/h9-24,42H,5-8H2,1-4H3/b37-21?,38-22-. The Labute approximate surface area is 258 Å². The fourth-order valence-corrected chi connectivity index (χ4v) is 6.43. The minimum absolute atomic E-state index is 0.0681. The summed E-state index contributed by atoms with van der Waals surface area (Å²) in [5, 5.41) is 16.5. The molecule has 0 unspecified atom stereocenters. The van der Waals surface area contributed by atoms with Crippen molar-refractivity contribution in [3.05, 3.63) is 107 Å². The first-order valence-electron chi connectivity index (χ1n) is 15.2. The molecule has 8 nitrogen and oxygen atoms in total. The maximum Gasteiger partial charge on any atom is 0.275 e. The zero-order valence-corrected chi connectivity index (χ0v) is 25.6. The summed E-state index contributed by atoms with van der Waals surface area (Å²) in [7, 11) is 0. The lowest BCUT2D eigenvalue weighted by Crippen LogP contribution is -2.44.